The topological polar surface area (TPSA) is 136 Å². The lowest BCUT2D eigenvalue weighted by molar-refractivity contribution is -0.165. The van der Waals surface area contributed by atoms with Crippen molar-refractivity contribution < 1.29 is 23.8 Å². The Morgan fingerprint density at radius 3 is 2.10 bits per heavy atom. The molecule has 0 aromatic heterocycles. The smallest absolute Gasteiger partial charge is 0.305 e. The summed E-state index contributed by atoms with van der Waals surface area (Å²) in [6.45, 7) is 1.85. The van der Waals surface area contributed by atoms with Crippen LogP contribution in [0.3, 0.4) is 0 Å². The van der Waals surface area contributed by atoms with Crippen molar-refractivity contribution in [2.75, 3.05) is 19.0 Å². The zero-order valence-electron chi connectivity index (χ0n) is 23.6. The molecule has 9 nitrogen and oxygen atoms in total. The van der Waals surface area contributed by atoms with Crippen LogP contribution in [-0.4, -0.2) is 31.4 Å². The molecule has 0 bridgehead atoms. The van der Waals surface area contributed by atoms with E-state index in [-0.39, 0.29) is 5.84 Å². The second-order valence-corrected chi connectivity index (χ2v) is 9.52. The van der Waals surface area contributed by atoms with Crippen LogP contribution in [0.25, 0.3) is 0 Å². The van der Waals surface area contributed by atoms with Crippen molar-refractivity contribution in [2.24, 2.45) is 5.73 Å². The van der Waals surface area contributed by atoms with Gasteiger partial charge in [-0.05, 0) is 60.0 Å². The Morgan fingerprint density at radius 2 is 1.50 bits per heavy atom. The van der Waals surface area contributed by atoms with Crippen LogP contribution in [0, 0.1) is 5.41 Å². The number of methoxy groups -OCH3 is 1. The maximum Gasteiger partial charge on any atom is 0.305 e. The van der Waals surface area contributed by atoms with Crippen LogP contribution >= 0.6 is 0 Å². The first kappa shape index (κ1) is 29.7. The molecule has 0 aliphatic heterocycles. The van der Waals surface area contributed by atoms with E-state index in [1.165, 1.54) is 14.0 Å². The number of nitrogens with one attached hydrogen (secondary N) is 3. The van der Waals surface area contributed by atoms with Gasteiger partial charge in [-0.15, -0.1) is 0 Å². The molecule has 0 fully saturated rings. The molecule has 42 heavy (non-hydrogen) atoms. The van der Waals surface area contributed by atoms with Gasteiger partial charge in [0.1, 0.15) is 12.4 Å². The van der Waals surface area contributed by atoms with E-state index in [9.17, 15) is 9.59 Å². The molecule has 1 atom stereocenters. The van der Waals surface area contributed by atoms with Gasteiger partial charge in [-0.1, -0.05) is 60.7 Å². The van der Waals surface area contributed by atoms with Gasteiger partial charge in [0, 0.05) is 30.3 Å². The van der Waals surface area contributed by atoms with Crippen molar-refractivity contribution in [1.29, 1.82) is 5.41 Å². The molecule has 0 unspecified atom stereocenters. The Balaban J connectivity index is 1.70. The van der Waals surface area contributed by atoms with E-state index >= 15 is 0 Å². The summed E-state index contributed by atoms with van der Waals surface area (Å²) in [6, 6.07) is 30.9. The number of carbonyl (C=O) groups excluding carboxylic acids is 2. The lowest BCUT2D eigenvalue weighted by Gasteiger charge is -2.34. The fourth-order valence-electron chi connectivity index (χ4n) is 4.37. The van der Waals surface area contributed by atoms with Crippen LogP contribution in [0.4, 0.5) is 5.69 Å². The molecule has 0 aliphatic carbocycles. The lowest BCUT2D eigenvalue weighted by atomic mass is 9.99. The summed E-state index contributed by atoms with van der Waals surface area (Å²) >= 11 is 0. The maximum atomic E-state index is 14.0. The van der Waals surface area contributed by atoms with Gasteiger partial charge in [0.25, 0.3) is 11.6 Å². The van der Waals surface area contributed by atoms with Crippen molar-refractivity contribution in [3.8, 4) is 11.5 Å². The summed E-state index contributed by atoms with van der Waals surface area (Å²) in [7, 11) is 1.50. The lowest BCUT2D eigenvalue weighted by Crippen LogP contribution is -2.53. The number of nitrogens with two attached hydrogens (primary N) is 1. The van der Waals surface area contributed by atoms with Gasteiger partial charge in [0.05, 0.1) is 7.11 Å². The van der Waals surface area contributed by atoms with E-state index in [4.69, 9.17) is 25.4 Å². The van der Waals surface area contributed by atoms with Crippen molar-refractivity contribution in [1.82, 2.24) is 5.32 Å². The Morgan fingerprint density at radius 1 is 0.857 bits per heavy atom. The van der Waals surface area contributed by atoms with Gasteiger partial charge >= 0.3 is 5.97 Å². The average molecular weight is 567 g/mol. The second-order valence-electron chi connectivity index (χ2n) is 9.52. The van der Waals surface area contributed by atoms with E-state index < -0.39 is 17.6 Å². The monoisotopic (exact) mass is 566 g/mol. The SMILES string of the molecule is COc1cc([C@](Nc2ccc(C(=N)N)cc2)(OC(C)=O)C(=O)NCCc2ccccc2)ccc1OCc1ccccc1. The van der Waals surface area contributed by atoms with Gasteiger partial charge < -0.3 is 30.6 Å². The summed E-state index contributed by atoms with van der Waals surface area (Å²) in [5.74, 6) is -0.543. The highest BCUT2D eigenvalue weighted by Gasteiger charge is 2.45. The quantitative estimate of drug-likeness (QED) is 0.0794. The summed E-state index contributed by atoms with van der Waals surface area (Å²) < 4.78 is 17.4. The Bertz CT molecular complexity index is 1510. The predicted octanol–water partition coefficient (Wildman–Crippen LogP) is 4.75. The second kappa shape index (κ2) is 13.8. The minimum absolute atomic E-state index is 0.0951. The fraction of sp³-hybridized carbons (Fsp3) is 0.182. The van der Waals surface area contributed by atoms with Gasteiger partial charge in [-0.2, -0.15) is 0 Å². The summed E-state index contributed by atoms with van der Waals surface area (Å²) in [5.41, 5.74) is 6.95. The number of nitrogen functional groups attached to an aromatic ring is 1. The molecule has 1 amide bonds. The average Bonchev–Trinajstić information content (AvgIpc) is 3.00. The molecule has 216 valence electrons. The molecule has 0 radical (unpaired) electrons. The third-order valence-electron chi connectivity index (χ3n) is 6.48. The number of amidine groups is 1. The molecule has 5 N–H and O–H groups in total. The van der Waals surface area contributed by atoms with E-state index in [2.05, 4.69) is 10.6 Å². The van der Waals surface area contributed by atoms with Crippen LogP contribution in [0.5, 0.6) is 11.5 Å². The third kappa shape index (κ3) is 7.45. The Labute approximate surface area is 245 Å². The van der Waals surface area contributed by atoms with Crippen molar-refractivity contribution in [3.05, 3.63) is 125 Å². The molecule has 0 spiro atoms. The molecular weight excluding hydrogens is 532 g/mol. The normalized spacial score (nSPS) is 12.0. The van der Waals surface area contributed by atoms with Crippen molar-refractivity contribution in [2.45, 2.75) is 25.7 Å². The Kier molecular flexibility index (Phi) is 9.78. The molecule has 0 saturated carbocycles. The van der Waals surface area contributed by atoms with Gasteiger partial charge in [-0.3, -0.25) is 15.0 Å². The highest BCUT2D eigenvalue weighted by atomic mass is 16.6. The van der Waals surface area contributed by atoms with Crippen LogP contribution in [0.1, 0.15) is 29.2 Å². The number of rotatable bonds is 13. The number of anilines is 1. The first-order valence-corrected chi connectivity index (χ1v) is 13.4. The Hall–Kier alpha value is -5.31. The first-order chi connectivity index (χ1) is 20.3. The van der Waals surface area contributed by atoms with Crippen molar-refractivity contribution >= 4 is 23.4 Å². The van der Waals surface area contributed by atoms with Crippen LogP contribution < -0.4 is 25.8 Å². The summed E-state index contributed by atoms with van der Waals surface area (Å²) in [4.78, 5) is 26.5. The number of carbonyl (C=O) groups is 2. The summed E-state index contributed by atoms with van der Waals surface area (Å²) in [5, 5.41) is 13.7. The number of ether oxygens (including phenoxy) is 3. The zero-order valence-corrected chi connectivity index (χ0v) is 23.6. The van der Waals surface area contributed by atoms with Crippen LogP contribution in [0.2, 0.25) is 0 Å². The van der Waals surface area contributed by atoms with E-state index in [0.717, 1.165) is 11.1 Å². The molecule has 0 saturated heterocycles. The van der Waals surface area contributed by atoms with E-state index in [0.29, 0.717) is 47.9 Å². The first-order valence-electron chi connectivity index (χ1n) is 13.4. The highest BCUT2D eigenvalue weighted by Crippen LogP contribution is 2.36. The van der Waals surface area contributed by atoms with Gasteiger partial charge in [0.2, 0.25) is 0 Å². The largest absolute Gasteiger partial charge is 0.493 e. The third-order valence-corrected chi connectivity index (χ3v) is 6.48. The number of esters is 1. The molecule has 4 aromatic carbocycles. The minimum Gasteiger partial charge on any atom is -0.493 e. The molecule has 0 aliphatic rings. The zero-order chi connectivity index (χ0) is 30.0. The van der Waals surface area contributed by atoms with E-state index in [1.807, 2.05) is 60.7 Å². The van der Waals surface area contributed by atoms with E-state index in [1.54, 1.807) is 42.5 Å². The predicted molar refractivity (Wildman–Crippen MR) is 161 cm³/mol. The van der Waals surface area contributed by atoms with Crippen LogP contribution in [-0.2, 0) is 33.1 Å². The number of benzene rings is 4. The highest BCUT2D eigenvalue weighted by molar-refractivity contribution is 5.95. The number of amides is 1. The minimum atomic E-state index is -1.97. The standard InChI is InChI=1S/C33H34N4O5/c1-23(38)42-33(37-28-16-13-26(14-17-28)31(34)35,32(39)36-20-19-24-9-5-3-6-10-24)27-15-18-29(30(21-27)40-2)41-22-25-11-7-4-8-12-25/h3-18,21,37H,19-20,22H2,1-2H3,(H3,34,35)(H,36,39)/t33-/m0/s1. The van der Waals surface area contributed by atoms with Gasteiger partial charge in [-0.25, -0.2) is 0 Å². The number of hydrogen-bond acceptors (Lipinski definition) is 7. The number of hydrogen-bond donors (Lipinski definition) is 4. The molecule has 4 rings (SSSR count). The molecule has 4 aromatic rings. The molecule has 9 heteroatoms. The summed E-state index contributed by atoms with van der Waals surface area (Å²) in [6.07, 6.45) is 0.575. The molecule has 0 heterocycles. The fourth-order valence-corrected chi connectivity index (χ4v) is 4.37. The van der Waals surface area contributed by atoms with Crippen molar-refractivity contribution in [3.63, 3.8) is 0 Å². The van der Waals surface area contributed by atoms with Crippen LogP contribution in [0.15, 0.2) is 103 Å². The maximum absolute atomic E-state index is 14.0. The van der Waals surface area contributed by atoms with Gasteiger partial charge in [0.15, 0.2) is 11.5 Å². The molecular formula is C33H34N4O5.